The number of carbonyl (C=O) groups is 2. The van der Waals surface area contributed by atoms with Crippen LogP contribution in [-0.4, -0.2) is 25.3 Å². The number of thiocarbonyl (C=S) groups is 1. The zero-order valence-corrected chi connectivity index (χ0v) is 18.1. The average Bonchev–Trinajstić information content (AvgIpc) is 2.71. The summed E-state index contributed by atoms with van der Waals surface area (Å²) < 4.78 is 25.8. The molecule has 0 heterocycles. The number of nitrogens with one attached hydrogen (secondary N) is 3. The molecule has 9 heteroatoms. The lowest BCUT2D eigenvalue weighted by atomic mass is 10.0. The normalized spacial score (nSPS) is 11.3. The number of hydrogen-bond acceptors (Lipinski definition) is 5. The maximum Gasteiger partial charge on any atom is 0.264 e. The molecule has 0 atom stereocenters. The van der Waals surface area contributed by atoms with Gasteiger partial charge in [-0.1, -0.05) is 42.5 Å². The van der Waals surface area contributed by atoms with Crippen molar-refractivity contribution in [3.63, 3.8) is 0 Å². The van der Waals surface area contributed by atoms with Crippen LogP contribution in [0.25, 0.3) is 16.8 Å². The third-order valence-electron chi connectivity index (χ3n) is 4.17. The van der Waals surface area contributed by atoms with Crippen molar-refractivity contribution in [3.8, 4) is 0 Å². The van der Waals surface area contributed by atoms with Crippen molar-refractivity contribution in [2.75, 3.05) is 5.32 Å². The summed E-state index contributed by atoms with van der Waals surface area (Å²) >= 11 is 5.13. The highest BCUT2D eigenvalue weighted by atomic mass is 32.2. The second kappa shape index (κ2) is 9.50. The average molecular weight is 454 g/mol. The first kappa shape index (κ1) is 22.1. The van der Waals surface area contributed by atoms with E-state index >= 15 is 0 Å². The fourth-order valence-corrected chi connectivity index (χ4v) is 4.05. The third-order valence-corrected chi connectivity index (χ3v) is 5.83. The first-order valence-corrected chi connectivity index (χ1v) is 11.0. The van der Waals surface area contributed by atoms with Crippen LogP contribution in [0.4, 0.5) is 5.69 Å². The molecule has 0 unspecified atom stereocenters. The van der Waals surface area contributed by atoms with Crippen LogP contribution in [0.2, 0.25) is 0 Å². The Morgan fingerprint density at radius 3 is 2.32 bits per heavy atom. The first-order valence-electron chi connectivity index (χ1n) is 9.16. The van der Waals surface area contributed by atoms with Crippen molar-refractivity contribution in [2.45, 2.75) is 11.8 Å². The van der Waals surface area contributed by atoms with Gasteiger partial charge in [0.25, 0.3) is 10.0 Å². The molecule has 3 rings (SSSR count). The summed E-state index contributed by atoms with van der Waals surface area (Å²) in [5, 5.41) is 7.51. The second-order valence-corrected chi connectivity index (χ2v) is 8.62. The molecule has 3 aromatic rings. The second-order valence-electron chi connectivity index (χ2n) is 6.53. The fraction of sp³-hybridized carbons (Fsp3) is 0.0455. The Labute approximate surface area is 185 Å². The van der Waals surface area contributed by atoms with Gasteiger partial charge in [-0.25, -0.2) is 13.1 Å². The Bertz CT molecular complexity index is 1280. The van der Waals surface area contributed by atoms with Crippen molar-refractivity contribution >= 4 is 61.7 Å². The topological polar surface area (TPSA) is 104 Å². The van der Waals surface area contributed by atoms with Crippen LogP contribution >= 0.6 is 12.2 Å². The molecule has 0 aromatic heterocycles. The van der Waals surface area contributed by atoms with Gasteiger partial charge in [-0.2, -0.15) is 0 Å². The molecule has 0 saturated carbocycles. The van der Waals surface area contributed by atoms with Gasteiger partial charge in [-0.05, 0) is 58.9 Å². The zero-order chi connectivity index (χ0) is 22.4. The summed E-state index contributed by atoms with van der Waals surface area (Å²) in [6.45, 7) is 1.11. The smallest absolute Gasteiger partial charge is 0.264 e. The Morgan fingerprint density at radius 1 is 0.935 bits per heavy atom. The van der Waals surface area contributed by atoms with Gasteiger partial charge in [0, 0.05) is 18.7 Å². The lowest BCUT2D eigenvalue weighted by molar-refractivity contribution is -0.117. The van der Waals surface area contributed by atoms with E-state index in [1.165, 1.54) is 30.3 Å². The lowest BCUT2D eigenvalue weighted by Gasteiger charge is -2.09. The van der Waals surface area contributed by atoms with Crippen molar-refractivity contribution in [3.05, 3.63) is 78.4 Å². The van der Waals surface area contributed by atoms with Crippen molar-refractivity contribution in [2.24, 2.45) is 0 Å². The molecule has 0 bridgehead atoms. The quantitative estimate of drug-likeness (QED) is 0.405. The van der Waals surface area contributed by atoms with E-state index in [-0.39, 0.29) is 10.0 Å². The highest BCUT2D eigenvalue weighted by Gasteiger charge is 2.15. The van der Waals surface area contributed by atoms with Gasteiger partial charge in [0.05, 0.1) is 4.90 Å². The number of amides is 2. The molecule has 0 spiro atoms. The standard InChI is InChI=1S/C22H19N3O4S2/c1-15(26)25-31(28,29)19-12-10-18(11-13-19)23-22(30)24-21(27)14-9-17-7-4-6-16-5-2-3-8-20(16)17/h2-14H,1H3,(H,25,26)(H2,23,24,27,30). The van der Waals surface area contributed by atoms with Crippen molar-refractivity contribution in [1.82, 2.24) is 10.0 Å². The molecular weight excluding hydrogens is 434 g/mol. The van der Waals surface area contributed by atoms with E-state index in [0.29, 0.717) is 5.69 Å². The third kappa shape index (κ3) is 5.97. The van der Waals surface area contributed by atoms with Crippen LogP contribution in [-0.2, 0) is 19.6 Å². The number of carbonyl (C=O) groups excluding carboxylic acids is 2. The Hall–Kier alpha value is -3.56. The molecule has 0 aliphatic rings. The maximum atomic E-state index is 12.2. The number of anilines is 1. The van der Waals surface area contributed by atoms with Crippen LogP contribution in [0.1, 0.15) is 12.5 Å². The van der Waals surface area contributed by atoms with E-state index in [4.69, 9.17) is 12.2 Å². The fourth-order valence-electron chi connectivity index (χ4n) is 2.84. The zero-order valence-electron chi connectivity index (χ0n) is 16.5. The molecular formula is C22H19N3O4S2. The minimum atomic E-state index is -3.91. The Balaban J connectivity index is 1.61. The molecule has 158 valence electrons. The van der Waals surface area contributed by atoms with Gasteiger partial charge in [0.15, 0.2) is 5.11 Å². The predicted molar refractivity (Wildman–Crippen MR) is 125 cm³/mol. The monoisotopic (exact) mass is 453 g/mol. The summed E-state index contributed by atoms with van der Waals surface area (Å²) in [5.41, 5.74) is 1.38. The van der Waals surface area contributed by atoms with Gasteiger partial charge in [-0.15, -0.1) is 0 Å². The first-order chi connectivity index (χ1) is 14.7. The van der Waals surface area contributed by atoms with E-state index in [0.717, 1.165) is 23.3 Å². The van der Waals surface area contributed by atoms with Crippen molar-refractivity contribution in [1.29, 1.82) is 0 Å². The van der Waals surface area contributed by atoms with Gasteiger partial charge < -0.3 is 5.32 Å². The number of rotatable bonds is 5. The summed E-state index contributed by atoms with van der Waals surface area (Å²) in [4.78, 5) is 23.1. The minimum Gasteiger partial charge on any atom is -0.332 e. The number of sulfonamides is 1. The van der Waals surface area contributed by atoms with E-state index in [2.05, 4.69) is 10.6 Å². The molecule has 3 N–H and O–H groups in total. The summed E-state index contributed by atoms with van der Waals surface area (Å²) in [7, 11) is -3.91. The molecule has 3 aromatic carbocycles. The molecule has 7 nitrogen and oxygen atoms in total. The molecule has 2 amide bonds. The van der Waals surface area contributed by atoms with Gasteiger partial charge in [-0.3, -0.25) is 14.9 Å². The number of benzene rings is 3. The number of fused-ring (bicyclic) bond motifs is 1. The molecule has 0 aliphatic carbocycles. The maximum absolute atomic E-state index is 12.2. The van der Waals surface area contributed by atoms with E-state index in [1.54, 1.807) is 6.08 Å². The van der Waals surface area contributed by atoms with Crippen LogP contribution in [0.15, 0.2) is 77.7 Å². The van der Waals surface area contributed by atoms with Gasteiger partial charge in [0.2, 0.25) is 11.8 Å². The Morgan fingerprint density at radius 2 is 1.61 bits per heavy atom. The molecule has 31 heavy (non-hydrogen) atoms. The van der Waals surface area contributed by atoms with E-state index in [9.17, 15) is 18.0 Å². The lowest BCUT2D eigenvalue weighted by Crippen LogP contribution is -2.32. The SMILES string of the molecule is CC(=O)NS(=O)(=O)c1ccc(NC(=S)NC(=O)C=Cc2cccc3ccccc23)cc1. The molecule has 0 saturated heterocycles. The van der Waals surface area contributed by atoms with Crippen LogP contribution in [0, 0.1) is 0 Å². The van der Waals surface area contributed by atoms with Crippen molar-refractivity contribution < 1.29 is 18.0 Å². The Kier molecular flexibility index (Phi) is 6.78. The highest BCUT2D eigenvalue weighted by Crippen LogP contribution is 2.19. The summed E-state index contributed by atoms with van der Waals surface area (Å²) in [6, 6.07) is 19.3. The van der Waals surface area contributed by atoms with E-state index < -0.39 is 21.8 Å². The number of hydrogen-bond donors (Lipinski definition) is 3. The summed E-state index contributed by atoms with van der Waals surface area (Å²) in [5.74, 6) is -1.09. The predicted octanol–water partition coefficient (Wildman–Crippen LogP) is 3.19. The van der Waals surface area contributed by atoms with Crippen LogP contribution < -0.4 is 15.4 Å². The molecule has 0 aliphatic heterocycles. The van der Waals surface area contributed by atoms with Gasteiger partial charge >= 0.3 is 0 Å². The minimum absolute atomic E-state index is 0.0602. The van der Waals surface area contributed by atoms with Crippen LogP contribution in [0.3, 0.4) is 0 Å². The van der Waals surface area contributed by atoms with E-state index in [1.807, 2.05) is 47.2 Å². The summed E-state index contributed by atoms with van der Waals surface area (Å²) in [6.07, 6.45) is 3.10. The highest BCUT2D eigenvalue weighted by molar-refractivity contribution is 7.90. The largest absolute Gasteiger partial charge is 0.332 e. The molecule has 0 fully saturated rings. The molecule has 0 radical (unpaired) electrons. The van der Waals surface area contributed by atoms with Gasteiger partial charge in [0.1, 0.15) is 0 Å². The van der Waals surface area contributed by atoms with Crippen LogP contribution in [0.5, 0.6) is 0 Å².